The van der Waals surface area contributed by atoms with Gasteiger partial charge in [-0.3, -0.25) is 9.59 Å². The molecule has 0 aliphatic rings. The first-order valence-corrected chi connectivity index (χ1v) is 5.39. The van der Waals surface area contributed by atoms with Crippen LogP contribution in [-0.4, -0.2) is 24.2 Å². The Kier molecular flexibility index (Phi) is 6.75. The molecule has 0 saturated carbocycles. The van der Waals surface area contributed by atoms with Crippen LogP contribution < -0.4 is 0 Å². The van der Waals surface area contributed by atoms with Crippen LogP contribution in [0.3, 0.4) is 0 Å². The Bertz CT molecular complexity index is 213. The Balaban J connectivity index is 4.66. The van der Waals surface area contributed by atoms with Crippen LogP contribution in [0.2, 0.25) is 0 Å². The first-order valence-electron chi connectivity index (χ1n) is 5.39. The average Bonchev–Trinajstić information content (AvgIpc) is 2.21. The van der Waals surface area contributed by atoms with E-state index in [1.165, 1.54) is 7.11 Å². The summed E-state index contributed by atoms with van der Waals surface area (Å²) in [6.45, 7) is 3.84. The number of carbonyl (C=O) groups excluding carboxylic acids is 1. The SMILES string of the molecule is CCCC(C(=O)O)C(CCC)C(=O)OC. The summed E-state index contributed by atoms with van der Waals surface area (Å²) in [4.78, 5) is 22.5. The molecule has 0 heterocycles. The van der Waals surface area contributed by atoms with E-state index in [1.54, 1.807) is 0 Å². The van der Waals surface area contributed by atoms with Gasteiger partial charge in [0.2, 0.25) is 0 Å². The van der Waals surface area contributed by atoms with Crippen molar-refractivity contribution >= 4 is 11.9 Å². The summed E-state index contributed by atoms with van der Waals surface area (Å²) in [5.74, 6) is -2.42. The lowest BCUT2D eigenvalue weighted by Crippen LogP contribution is -2.30. The van der Waals surface area contributed by atoms with Gasteiger partial charge in [0, 0.05) is 0 Å². The molecular formula is C11H20O4. The maximum atomic E-state index is 11.4. The molecule has 0 aromatic heterocycles. The number of hydrogen-bond acceptors (Lipinski definition) is 3. The summed E-state index contributed by atoms with van der Waals surface area (Å²) in [5.41, 5.74) is 0. The largest absolute Gasteiger partial charge is 0.481 e. The van der Waals surface area contributed by atoms with Crippen molar-refractivity contribution in [1.82, 2.24) is 0 Å². The topological polar surface area (TPSA) is 63.6 Å². The number of rotatable bonds is 7. The molecule has 4 heteroatoms. The van der Waals surface area contributed by atoms with Gasteiger partial charge in [0.25, 0.3) is 0 Å². The first kappa shape index (κ1) is 13.9. The fraction of sp³-hybridized carbons (Fsp3) is 0.818. The van der Waals surface area contributed by atoms with Crippen LogP contribution in [0.5, 0.6) is 0 Å². The van der Waals surface area contributed by atoms with E-state index < -0.39 is 23.8 Å². The zero-order chi connectivity index (χ0) is 11.8. The summed E-state index contributed by atoms with van der Waals surface area (Å²) < 4.78 is 4.64. The summed E-state index contributed by atoms with van der Waals surface area (Å²) in [7, 11) is 1.30. The van der Waals surface area contributed by atoms with Gasteiger partial charge in [0.15, 0.2) is 0 Å². The molecule has 0 aliphatic heterocycles. The van der Waals surface area contributed by atoms with E-state index in [9.17, 15) is 9.59 Å². The molecular weight excluding hydrogens is 196 g/mol. The van der Waals surface area contributed by atoms with Crippen LogP contribution >= 0.6 is 0 Å². The van der Waals surface area contributed by atoms with Crippen LogP contribution in [0.4, 0.5) is 0 Å². The van der Waals surface area contributed by atoms with Crippen LogP contribution in [0.15, 0.2) is 0 Å². The van der Waals surface area contributed by atoms with E-state index in [0.717, 1.165) is 12.8 Å². The minimum Gasteiger partial charge on any atom is -0.481 e. The summed E-state index contributed by atoms with van der Waals surface area (Å²) in [6, 6.07) is 0. The standard InChI is InChI=1S/C11H20O4/c1-4-6-8(10(12)13)9(7-5-2)11(14)15-3/h8-9H,4-7H2,1-3H3,(H,12,13). The lowest BCUT2D eigenvalue weighted by Gasteiger charge is -2.20. The van der Waals surface area contributed by atoms with Crippen molar-refractivity contribution in [3.63, 3.8) is 0 Å². The van der Waals surface area contributed by atoms with Crippen LogP contribution in [0.25, 0.3) is 0 Å². The maximum Gasteiger partial charge on any atom is 0.309 e. The fourth-order valence-electron chi connectivity index (χ4n) is 1.75. The molecule has 2 atom stereocenters. The van der Waals surface area contributed by atoms with Gasteiger partial charge in [-0.25, -0.2) is 0 Å². The molecule has 0 radical (unpaired) electrons. The van der Waals surface area contributed by atoms with E-state index >= 15 is 0 Å². The lowest BCUT2D eigenvalue weighted by atomic mass is 9.85. The molecule has 0 aliphatic carbocycles. The van der Waals surface area contributed by atoms with E-state index in [-0.39, 0.29) is 0 Å². The van der Waals surface area contributed by atoms with Gasteiger partial charge in [-0.1, -0.05) is 26.7 Å². The van der Waals surface area contributed by atoms with Gasteiger partial charge in [-0.15, -0.1) is 0 Å². The van der Waals surface area contributed by atoms with Gasteiger partial charge >= 0.3 is 11.9 Å². The number of carboxylic acid groups (broad SMARTS) is 1. The predicted octanol–water partition coefficient (Wildman–Crippen LogP) is 2.08. The molecule has 0 aromatic carbocycles. The highest BCUT2D eigenvalue weighted by Gasteiger charge is 2.32. The van der Waals surface area contributed by atoms with Crippen molar-refractivity contribution in [2.75, 3.05) is 7.11 Å². The van der Waals surface area contributed by atoms with Crippen LogP contribution in [0.1, 0.15) is 39.5 Å². The third-order valence-corrected chi connectivity index (χ3v) is 2.51. The molecule has 4 nitrogen and oxygen atoms in total. The fourth-order valence-corrected chi connectivity index (χ4v) is 1.75. The summed E-state index contributed by atoms with van der Waals surface area (Å²) >= 11 is 0. The van der Waals surface area contributed by atoms with E-state index in [0.29, 0.717) is 12.8 Å². The van der Waals surface area contributed by atoms with Crippen molar-refractivity contribution in [2.45, 2.75) is 39.5 Å². The van der Waals surface area contributed by atoms with Gasteiger partial charge in [-0.05, 0) is 12.8 Å². The zero-order valence-corrected chi connectivity index (χ0v) is 9.66. The molecule has 0 fully saturated rings. The highest BCUT2D eigenvalue weighted by Crippen LogP contribution is 2.24. The molecule has 2 unspecified atom stereocenters. The minimum atomic E-state index is -0.902. The Morgan fingerprint density at radius 1 is 1.13 bits per heavy atom. The second-order valence-corrected chi connectivity index (χ2v) is 3.65. The minimum absolute atomic E-state index is 0.405. The molecule has 0 rings (SSSR count). The molecule has 88 valence electrons. The second kappa shape index (κ2) is 7.26. The number of hydrogen-bond donors (Lipinski definition) is 1. The van der Waals surface area contributed by atoms with Gasteiger partial charge in [0.1, 0.15) is 0 Å². The molecule has 0 aromatic rings. The molecule has 15 heavy (non-hydrogen) atoms. The highest BCUT2D eigenvalue weighted by atomic mass is 16.5. The predicted molar refractivity (Wildman–Crippen MR) is 56.4 cm³/mol. The second-order valence-electron chi connectivity index (χ2n) is 3.65. The van der Waals surface area contributed by atoms with E-state index in [4.69, 9.17) is 5.11 Å². The number of carbonyl (C=O) groups is 2. The number of esters is 1. The van der Waals surface area contributed by atoms with Crippen molar-refractivity contribution in [2.24, 2.45) is 11.8 Å². The van der Waals surface area contributed by atoms with Crippen LogP contribution in [0, 0.1) is 11.8 Å². The zero-order valence-electron chi connectivity index (χ0n) is 9.66. The number of ether oxygens (including phenoxy) is 1. The quantitative estimate of drug-likeness (QED) is 0.662. The summed E-state index contributed by atoms with van der Waals surface area (Å²) in [5, 5.41) is 9.04. The Labute approximate surface area is 90.6 Å². The molecule has 0 amide bonds. The third-order valence-electron chi connectivity index (χ3n) is 2.51. The first-order chi connectivity index (χ1) is 7.08. The Morgan fingerprint density at radius 2 is 1.60 bits per heavy atom. The Hall–Kier alpha value is -1.06. The van der Waals surface area contributed by atoms with E-state index in [2.05, 4.69) is 4.74 Å². The highest BCUT2D eigenvalue weighted by molar-refractivity contribution is 5.80. The van der Waals surface area contributed by atoms with Crippen molar-refractivity contribution in [3.8, 4) is 0 Å². The van der Waals surface area contributed by atoms with Crippen LogP contribution in [-0.2, 0) is 14.3 Å². The van der Waals surface area contributed by atoms with E-state index in [1.807, 2.05) is 13.8 Å². The van der Waals surface area contributed by atoms with Gasteiger partial charge in [0.05, 0.1) is 18.9 Å². The number of aliphatic carboxylic acids is 1. The maximum absolute atomic E-state index is 11.4. The average molecular weight is 216 g/mol. The van der Waals surface area contributed by atoms with Gasteiger partial charge in [-0.2, -0.15) is 0 Å². The van der Waals surface area contributed by atoms with Crippen molar-refractivity contribution in [3.05, 3.63) is 0 Å². The molecule has 0 spiro atoms. The Morgan fingerprint density at radius 3 is 1.93 bits per heavy atom. The number of carboxylic acids is 1. The molecule has 0 saturated heterocycles. The monoisotopic (exact) mass is 216 g/mol. The van der Waals surface area contributed by atoms with Crippen molar-refractivity contribution in [1.29, 1.82) is 0 Å². The smallest absolute Gasteiger partial charge is 0.309 e. The van der Waals surface area contributed by atoms with Crippen molar-refractivity contribution < 1.29 is 19.4 Å². The van der Waals surface area contributed by atoms with Gasteiger partial charge < -0.3 is 9.84 Å². The number of methoxy groups -OCH3 is 1. The molecule has 0 bridgehead atoms. The normalized spacial score (nSPS) is 14.3. The molecule has 1 N–H and O–H groups in total. The third kappa shape index (κ3) is 4.32. The lowest BCUT2D eigenvalue weighted by molar-refractivity contribution is -0.156. The summed E-state index contributed by atoms with van der Waals surface area (Å²) in [6.07, 6.45) is 2.64.